The van der Waals surface area contributed by atoms with Crippen molar-refractivity contribution in [2.24, 2.45) is 5.92 Å². The molecule has 7 heteroatoms. The van der Waals surface area contributed by atoms with Crippen LogP contribution in [0, 0.1) is 18.7 Å². The van der Waals surface area contributed by atoms with Gasteiger partial charge in [0.1, 0.15) is 11.9 Å². The lowest BCUT2D eigenvalue weighted by molar-refractivity contribution is -0.132. The summed E-state index contributed by atoms with van der Waals surface area (Å²) in [5.74, 6) is -0.702. The zero-order valence-electron chi connectivity index (χ0n) is 16.6. The molecule has 1 N–H and O–H groups in total. The van der Waals surface area contributed by atoms with E-state index in [1.807, 2.05) is 20.8 Å². The molecule has 1 atom stereocenters. The van der Waals surface area contributed by atoms with Crippen molar-refractivity contribution in [1.82, 2.24) is 9.62 Å². The number of rotatable bonds is 8. The van der Waals surface area contributed by atoms with Gasteiger partial charge in [0, 0.05) is 19.2 Å². The zero-order valence-corrected chi connectivity index (χ0v) is 17.5. The normalized spacial score (nSPS) is 12.8. The molecule has 0 saturated carbocycles. The summed E-state index contributed by atoms with van der Waals surface area (Å²) >= 11 is 0. The van der Waals surface area contributed by atoms with Gasteiger partial charge in [0.25, 0.3) is 0 Å². The Bertz CT molecular complexity index is 912. The van der Waals surface area contributed by atoms with E-state index in [1.165, 1.54) is 23.1 Å². The van der Waals surface area contributed by atoms with E-state index < -0.39 is 27.8 Å². The highest BCUT2D eigenvalue weighted by molar-refractivity contribution is 7.89. The molecule has 0 bridgehead atoms. The SMILES string of the molecule is Cc1ccc(S(=O)(=O)NC(CC(C)C)C(=O)N(C)Cc2ccccc2F)cc1. The molecule has 1 amide bonds. The summed E-state index contributed by atoms with van der Waals surface area (Å²) in [4.78, 5) is 14.4. The first-order valence-corrected chi connectivity index (χ1v) is 10.7. The minimum absolute atomic E-state index is 0.0619. The highest BCUT2D eigenvalue weighted by Crippen LogP contribution is 2.16. The number of likely N-dealkylation sites (N-methyl/N-ethyl adjacent to an activating group) is 1. The van der Waals surface area contributed by atoms with Gasteiger partial charge in [-0.1, -0.05) is 49.7 Å². The minimum Gasteiger partial charge on any atom is -0.340 e. The van der Waals surface area contributed by atoms with Crippen LogP contribution in [0.2, 0.25) is 0 Å². The third kappa shape index (κ3) is 5.87. The first kappa shape index (κ1) is 22.0. The third-order valence-corrected chi connectivity index (χ3v) is 5.86. The maximum atomic E-state index is 13.9. The van der Waals surface area contributed by atoms with Crippen molar-refractivity contribution in [3.63, 3.8) is 0 Å². The number of amides is 1. The van der Waals surface area contributed by atoms with Gasteiger partial charge in [-0.2, -0.15) is 4.72 Å². The first-order valence-electron chi connectivity index (χ1n) is 9.17. The standard InChI is InChI=1S/C21H27FN2O3S/c1-15(2)13-20(23-28(26,27)18-11-9-16(3)10-12-18)21(25)24(4)14-17-7-5-6-8-19(17)22/h5-12,15,20,23H,13-14H2,1-4H3. The highest BCUT2D eigenvalue weighted by atomic mass is 32.2. The number of carbonyl (C=O) groups is 1. The van der Waals surface area contributed by atoms with Gasteiger partial charge in [-0.15, -0.1) is 0 Å². The Morgan fingerprint density at radius 1 is 1.11 bits per heavy atom. The van der Waals surface area contributed by atoms with Crippen molar-refractivity contribution in [2.75, 3.05) is 7.05 Å². The van der Waals surface area contributed by atoms with Crippen molar-refractivity contribution < 1.29 is 17.6 Å². The van der Waals surface area contributed by atoms with Crippen LogP contribution < -0.4 is 4.72 Å². The van der Waals surface area contributed by atoms with Crippen LogP contribution in [-0.4, -0.2) is 32.3 Å². The molecule has 28 heavy (non-hydrogen) atoms. The molecule has 0 aromatic heterocycles. The van der Waals surface area contributed by atoms with Gasteiger partial charge in [0.15, 0.2) is 0 Å². The van der Waals surface area contributed by atoms with E-state index >= 15 is 0 Å². The van der Waals surface area contributed by atoms with Crippen LogP contribution in [0.4, 0.5) is 4.39 Å². The number of nitrogens with zero attached hydrogens (tertiary/aromatic N) is 1. The van der Waals surface area contributed by atoms with Gasteiger partial charge in [-0.3, -0.25) is 4.79 Å². The van der Waals surface area contributed by atoms with E-state index in [2.05, 4.69) is 4.72 Å². The topological polar surface area (TPSA) is 66.5 Å². The van der Waals surface area contributed by atoms with Crippen LogP contribution in [0.5, 0.6) is 0 Å². The lowest BCUT2D eigenvalue weighted by Gasteiger charge is -2.26. The van der Waals surface area contributed by atoms with Crippen LogP contribution in [0.3, 0.4) is 0 Å². The first-order chi connectivity index (χ1) is 13.1. The summed E-state index contributed by atoms with van der Waals surface area (Å²) in [6.07, 6.45) is 0.339. The number of benzene rings is 2. The van der Waals surface area contributed by atoms with Crippen LogP contribution >= 0.6 is 0 Å². The Kier molecular flexibility index (Phi) is 7.32. The van der Waals surface area contributed by atoms with Crippen LogP contribution in [-0.2, 0) is 21.4 Å². The smallest absolute Gasteiger partial charge is 0.241 e. The molecule has 0 heterocycles. The van der Waals surface area contributed by atoms with E-state index in [1.54, 1.807) is 37.4 Å². The molecule has 0 aliphatic carbocycles. The van der Waals surface area contributed by atoms with Crippen LogP contribution in [0.1, 0.15) is 31.4 Å². The van der Waals surface area contributed by atoms with Crippen molar-refractivity contribution in [3.8, 4) is 0 Å². The Balaban J connectivity index is 2.20. The second-order valence-electron chi connectivity index (χ2n) is 7.40. The van der Waals surface area contributed by atoms with Gasteiger partial charge in [-0.05, 0) is 37.5 Å². The fourth-order valence-corrected chi connectivity index (χ4v) is 4.07. The van der Waals surface area contributed by atoms with Crippen molar-refractivity contribution >= 4 is 15.9 Å². The number of carbonyl (C=O) groups excluding carboxylic acids is 1. The molecule has 152 valence electrons. The lowest BCUT2D eigenvalue weighted by atomic mass is 10.0. The molecular formula is C21H27FN2O3S. The summed E-state index contributed by atoms with van der Waals surface area (Å²) < 4.78 is 41.9. The third-order valence-electron chi connectivity index (χ3n) is 4.38. The molecule has 0 aliphatic heterocycles. The van der Waals surface area contributed by atoms with Crippen molar-refractivity contribution in [1.29, 1.82) is 0 Å². The van der Waals surface area contributed by atoms with Crippen molar-refractivity contribution in [3.05, 3.63) is 65.5 Å². The molecule has 0 aliphatic rings. The molecule has 5 nitrogen and oxygen atoms in total. The molecule has 0 spiro atoms. The van der Waals surface area contributed by atoms with Gasteiger partial charge < -0.3 is 4.90 Å². The predicted octanol–water partition coefficient (Wildman–Crippen LogP) is 3.49. The number of aryl methyl sites for hydroxylation is 1. The average molecular weight is 407 g/mol. The molecule has 0 radical (unpaired) electrons. The fourth-order valence-electron chi connectivity index (χ4n) is 2.87. The molecule has 2 rings (SSSR count). The summed E-state index contributed by atoms with van der Waals surface area (Å²) in [6.45, 7) is 5.76. The number of hydrogen-bond donors (Lipinski definition) is 1. The maximum absolute atomic E-state index is 13.9. The summed E-state index contributed by atoms with van der Waals surface area (Å²) in [5.41, 5.74) is 1.32. The number of sulfonamides is 1. The minimum atomic E-state index is -3.85. The number of halogens is 1. The molecule has 0 saturated heterocycles. The number of hydrogen-bond acceptors (Lipinski definition) is 3. The monoisotopic (exact) mass is 406 g/mol. The average Bonchev–Trinajstić information content (AvgIpc) is 2.62. The van der Waals surface area contributed by atoms with Crippen LogP contribution in [0.25, 0.3) is 0 Å². The summed E-state index contributed by atoms with van der Waals surface area (Å²) in [6, 6.07) is 11.7. The summed E-state index contributed by atoms with van der Waals surface area (Å²) in [5, 5.41) is 0. The molecule has 2 aromatic carbocycles. The maximum Gasteiger partial charge on any atom is 0.241 e. The summed E-state index contributed by atoms with van der Waals surface area (Å²) in [7, 11) is -2.31. The molecule has 1 unspecified atom stereocenters. The van der Waals surface area contributed by atoms with E-state index in [0.717, 1.165) is 5.56 Å². The Hall–Kier alpha value is -2.25. The van der Waals surface area contributed by atoms with Gasteiger partial charge >= 0.3 is 0 Å². The largest absolute Gasteiger partial charge is 0.340 e. The Morgan fingerprint density at radius 2 is 1.71 bits per heavy atom. The fraction of sp³-hybridized carbons (Fsp3) is 0.381. The molecule has 2 aromatic rings. The second-order valence-corrected chi connectivity index (χ2v) is 9.12. The molecular weight excluding hydrogens is 379 g/mol. The molecule has 0 fully saturated rings. The van der Waals surface area contributed by atoms with E-state index in [-0.39, 0.29) is 17.4 Å². The van der Waals surface area contributed by atoms with Gasteiger partial charge in [-0.25, -0.2) is 12.8 Å². The predicted molar refractivity (Wildman–Crippen MR) is 108 cm³/mol. The number of nitrogens with one attached hydrogen (secondary N) is 1. The van der Waals surface area contributed by atoms with Gasteiger partial charge in [0.05, 0.1) is 4.90 Å². The van der Waals surface area contributed by atoms with Gasteiger partial charge in [0.2, 0.25) is 15.9 Å². The lowest BCUT2D eigenvalue weighted by Crippen LogP contribution is -2.47. The van der Waals surface area contributed by atoms with E-state index in [4.69, 9.17) is 0 Å². The van der Waals surface area contributed by atoms with E-state index in [9.17, 15) is 17.6 Å². The zero-order chi connectivity index (χ0) is 20.9. The Morgan fingerprint density at radius 3 is 2.29 bits per heavy atom. The highest BCUT2D eigenvalue weighted by Gasteiger charge is 2.29. The second kappa shape index (κ2) is 9.30. The van der Waals surface area contributed by atoms with Crippen molar-refractivity contribution in [2.45, 2.75) is 44.7 Å². The quantitative estimate of drug-likeness (QED) is 0.730. The van der Waals surface area contributed by atoms with Crippen LogP contribution in [0.15, 0.2) is 53.4 Å². The Labute approximate surface area is 166 Å². The van der Waals surface area contributed by atoms with E-state index in [0.29, 0.717) is 12.0 Å².